The average Bonchev–Trinajstić information content (AvgIpc) is 1.89. The van der Waals surface area contributed by atoms with Crippen molar-refractivity contribution in [2.75, 3.05) is 19.8 Å². The Morgan fingerprint density at radius 2 is 2.33 bits per heavy atom. The summed E-state index contributed by atoms with van der Waals surface area (Å²) in [6.45, 7) is 0.204. The van der Waals surface area contributed by atoms with Gasteiger partial charge < -0.3 is 15.6 Å². The number of rotatable bonds is 4. The minimum Gasteiger partial charge on any atom is -0.465 e. The molecule has 4 nitrogen and oxygen atoms in total. The van der Waals surface area contributed by atoms with Gasteiger partial charge in [0.1, 0.15) is 0 Å². The van der Waals surface area contributed by atoms with Crippen molar-refractivity contribution in [1.29, 1.82) is 0 Å². The lowest BCUT2D eigenvalue weighted by Gasteiger charge is -1.98. The summed E-state index contributed by atoms with van der Waals surface area (Å²) in [5.41, 5.74) is 4.92. The van der Waals surface area contributed by atoms with Crippen LogP contribution in [-0.2, 0) is 9.53 Å². The number of aliphatic hydroxyl groups is 1. The van der Waals surface area contributed by atoms with Gasteiger partial charge in [0.05, 0.1) is 13.2 Å². The van der Waals surface area contributed by atoms with Crippen LogP contribution in [0.15, 0.2) is 0 Å². The zero-order valence-electron chi connectivity index (χ0n) is 5.17. The highest BCUT2D eigenvalue weighted by Crippen LogP contribution is 1.79. The van der Waals surface area contributed by atoms with Crippen molar-refractivity contribution in [3.63, 3.8) is 0 Å². The van der Waals surface area contributed by atoms with E-state index >= 15 is 0 Å². The van der Waals surface area contributed by atoms with E-state index in [1.807, 2.05) is 0 Å². The second-order valence-corrected chi connectivity index (χ2v) is 1.50. The van der Waals surface area contributed by atoms with Crippen LogP contribution >= 0.6 is 0 Å². The fourth-order valence-corrected chi connectivity index (χ4v) is 0.309. The topological polar surface area (TPSA) is 72.6 Å². The van der Waals surface area contributed by atoms with Crippen molar-refractivity contribution < 1.29 is 14.6 Å². The third-order valence-corrected chi connectivity index (χ3v) is 0.732. The minimum absolute atomic E-state index is 0.0395. The minimum atomic E-state index is -0.427. The van der Waals surface area contributed by atoms with Gasteiger partial charge in [0.25, 0.3) is 0 Å². The van der Waals surface area contributed by atoms with E-state index in [0.29, 0.717) is 6.42 Å². The smallest absolute Gasteiger partial charge is 0.319 e. The van der Waals surface area contributed by atoms with Crippen LogP contribution in [0.3, 0.4) is 0 Å². The van der Waals surface area contributed by atoms with Crippen molar-refractivity contribution in [2.24, 2.45) is 5.73 Å². The summed E-state index contributed by atoms with van der Waals surface area (Å²) in [4.78, 5) is 10.3. The molecule has 0 fully saturated rings. The van der Waals surface area contributed by atoms with Crippen molar-refractivity contribution >= 4 is 5.97 Å². The van der Waals surface area contributed by atoms with Gasteiger partial charge in [0.15, 0.2) is 0 Å². The highest BCUT2D eigenvalue weighted by atomic mass is 16.5. The molecule has 0 atom stereocenters. The van der Waals surface area contributed by atoms with Gasteiger partial charge in [-0.1, -0.05) is 0 Å². The van der Waals surface area contributed by atoms with E-state index in [1.165, 1.54) is 0 Å². The first-order valence-electron chi connectivity index (χ1n) is 2.77. The Labute approximate surface area is 53.6 Å². The molecule has 54 valence electrons. The lowest BCUT2D eigenvalue weighted by molar-refractivity contribution is -0.142. The SMILES string of the molecule is NCC(=O)OCCCO. The van der Waals surface area contributed by atoms with E-state index in [0.717, 1.165) is 0 Å². The van der Waals surface area contributed by atoms with E-state index in [2.05, 4.69) is 4.74 Å². The van der Waals surface area contributed by atoms with Crippen LogP contribution in [0.5, 0.6) is 0 Å². The molecule has 0 aromatic rings. The zero-order chi connectivity index (χ0) is 7.11. The first-order chi connectivity index (χ1) is 4.31. The summed E-state index contributed by atoms with van der Waals surface area (Å²) in [6.07, 6.45) is 0.478. The highest BCUT2D eigenvalue weighted by Gasteiger charge is 1.95. The number of hydrogen-bond donors (Lipinski definition) is 2. The summed E-state index contributed by atoms with van der Waals surface area (Å²) >= 11 is 0. The molecule has 0 aliphatic rings. The Kier molecular flexibility index (Phi) is 5.15. The maximum Gasteiger partial charge on any atom is 0.319 e. The second kappa shape index (κ2) is 5.53. The molecular formula is C5H11NO3. The fourth-order valence-electron chi connectivity index (χ4n) is 0.309. The molecule has 4 heteroatoms. The zero-order valence-corrected chi connectivity index (χ0v) is 5.17. The Balaban J connectivity index is 2.97. The Morgan fingerprint density at radius 1 is 1.67 bits per heavy atom. The fraction of sp³-hybridized carbons (Fsp3) is 0.800. The molecule has 0 aromatic carbocycles. The highest BCUT2D eigenvalue weighted by molar-refractivity contribution is 5.71. The quantitative estimate of drug-likeness (QED) is 0.376. The molecule has 0 aliphatic carbocycles. The summed E-state index contributed by atoms with van der Waals surface area (Å²) in [5, 5.41) is 8.23. The van der Waals surface area contributed by atoms with E-state index in [1.54, 1.807) is 0 Å². The van der Waals surface area contributed by atoms with Crippen LogP contribution in [0.25, 0.3) is 0 Å². The number of ether oxygens (including phenoxy) is 1. The van der Waals surface area contributed by atoms with Crippen molar-refractivity contribution in [2.45, 2.75) is 6.42 Å². The van der Waals surface area contributed by atoms with Gasteiger partial charge in [0, 0.05) is 13.0 Å². The molecule has 0 aromatic heterocycles. The number of carbonyl (C=O) groups is 1. The third kappa shape index (κ3) is 5.26. The molecule has 0 bridgehead atoms. The summed E-state index contributed by atoms with van der Waals surface area (Å²) < 4.78 is 4.51. The lowest BCUT2D eigenvalue weighted by atomic mass is 10.5. The largest absolute Gasteiger partial charge is 0.465 e. The normalized spacial score (nSPS) is 9.11. The van der Waals surface area contributed by atoms with Crippen molar-refractivity contribution in [3.8, 4) is 0 Å². The first-order valence-corrected chi connectivity index (χ1v) is 2.77. The van der Waals surface area contributed by atoms with Gasteiger partial charge in [-0.2, -0.15) is 0 Å². The van der Waals surface area contributed by atoms with Gasteiger partial charge in [-0.05, 0) is 0 Å². The molecule has 0 saturated carbocycles. The van der Waals surface area contributed by atoms with Gasteiger partial charge >= 0.3 is 5.97 Å². The molecule has 0 aliphatic heterocycles. The molecule has 0 spiro atoms. The summed E-state index contributed by atoms with van der Waals surface area (Å²) in [5.74, 6) is -0.427. The Morgan fingerprint density at radius 3 is 2.78 bits per heavy atom. The van der Waals surface area contributed by atoms with E-state index < -0.39 is 5.97 Å². The molecule has 0 saturated heterocycles. The molecule has 0 rings (SSSR count). The van der Waals surface area contributed by atoms with Gasteiger partial charge in [-0.3, -0.25) is 4.79 Å². The maximum atomic E-state index is 10.3. The molecule has 9 heavy (non-hydrogen) atoms. The van der Waals surface area contributed by atoms with Gasteiger partial charge in [-0.15, -0.1) is 0 Å². The van der Waals surface area contributed by atoms with E-state index in [-0.39, 0.29) is 19.8 Å². The number of carbonyl (C=O) groups excluding carboxylic acids is 1. The summed E-state index contributed by atoms with van der Waals surface area (Å²) in [7, 11) is 0. The number of nitrogens with two attached hydrogens (primary N) is 1. The van der Waals surface area contributed by atoms with Crippen LogP contribution in [0.1, 0.15) is 6.42 Å². The predicted octanol–water partition coefficient (Wildman–Crippen LogP) is -1.13. The summed E-state index contributed by atoms with van der Waals surface area (Å²) in [6, 6.07) is 0. The molecular weight excluding hydrogens is 122 g/mol. The Hall–Kier alpha value is -0.610. The number of esters is 1. The van der Waals surface area contributed by atoms with Crippen LogP contribution in [0.4, 0.5) is 0 Å². The molecule has 0 amide bonds. The first kappa shape index (κ1) is 8.39. The van der Waals surface area contributed by atoms with Crippen LogP contribution in [-0.4, -0.2) is 30.8 Å². The predicted molar refractivity (Wildman–Crippen MR) is 31.7 cm³/mol. The second-order valence-electron chi connectivity index (χ2n) is 1.50. The molecule has 0 heterocycles. The molecule has 0 radical (unpaired) electrons. The van der Waals surface area contributed by atoms with Gasteiger partial charge in [0.2, 0.25) is 0 Å². The van der Waals surface area contributed by atoms with Crippen molar-refractivity contribution in [1.82, 2.24) is 0 Å². The van der Waals surface area contributed by atoms with Crippen molar-refractivity contribution in [3.05, 3.63) is 0 Å². The third-order valence-electron chi connectivity index (χ3n) is 0.732. The Bertz CT molecular complexity index is 84.3. The number of hydrogen-bond acceptors (Lipinski definition) is 4. The molecule has 0 unspecified atom stereocenters. The van der Waals surface area contributed by atoms with Crippen LogP contribution < -0.4 is 5.73 Å². The number of aliphatic hydroxyl groups excluding tert-OH is 1. The maximum absolute atomic E-state index is 10.3. The average molecular weight is 133 g/mol. The van der Waals surface area contributed by atoms with Gasteiger partial charge in [-0.25, -0.2) is 0 Å². The van der Waals surface area contributed by atoms with E-state index in [9.17, 15) is 4.79 Å². The van der Waals surface area contributed by atoms with Crippen LogP contribution in [0, 0.1) is 0 Å². The standard InChI is InChI=1S/C5H11NO3/c6-4-5(8)9-3-1-2-7/h7H,1-4,6H2. The van der Waals surface area contributed by atoms with Crippen LogP contribution in [0.2, 0.25) is 0 Å². The van der Waals surface area contributed by atoms with E-state index in [4.69, 9.17) is 10.8 Å². The lowest BCUT2D eigenvalue weighted by Crippen LogP contribution is -2.17. The molecule has 3 N–H and O–H groups in total. The monoisotopic (exact) mass is 133 g/mol.